The van der Waals surface area contributed by atoms with Crippen LogP contribution in [0.1, 0.15) is 36.3 Å². The molecule has 0 aliphatic heterocycles. The van der Waals surface area contributed by atoms with Gasteiger partial charge in [-0.1, -0.05) is 18.6 Å². The highest BCUT2D eigenvalue weighted by Gasteiger charge is 2.18. The van der Waals surface area contributed by atoms with Gasteiger partial charge in [-0.15, -0.1) is 0 Å². The lowest BCUT2D eigenvalue weighted by atomic mass is 10.1. The molecule has 3 rings (SSSR count). The van der Waals surface area contributed by atoms with Crippen LogP contribution in [0, 0.1) is 6.92 Å². The Bertz CT molecular complexity index is 721. The first kappa shape index (κ1) is 13.8. The van der Waals surface area contributed by atoms with E-state index in [1.807, 2.05) is 18.5 Å². The van der Waals surface area contributed by atoms with Crippen molar-refractivity contribution in [1.29, 1.82) is 0 Å². The Labute approximate surface area is 124 Å². The minimum absolute atomic E-state index is 0.0149. The van der Waals surface area contributed by atoms with Crippen molar-refractivity contribution >= 4 is 11.0 Å². The van der Waals surface area contributed by atoms with Crippen LogP contribution >= 0.6 is 0 Å². The molecule has 0 aliphatic rings. The minimum Gasteiger partial charge on any atom is -0.459 e. The van der Waals surface area contributed by atoms with E-state index in [0.29, 0.717) is 0 Å². The lowest BCUT2D eigenvalue weighted by Gasteiger charge is -2.15. The molecule has 0 amide bonds. The molecule has 4 nitrogen and oxygen atoms in total. The standard InChI is InChI=1S/C17H19N3O/c1-3-6-20-17(14-9-18-11-19-10-14)16-8-13-7-12(2)4-5-15(13)21-16/h4-5,7-11,17,20H,3,6H2,1-2H3. The summed E-state index contributed by atoms with van der Waals surface area (Å²) >= 11 is 0. The van der Waals surface area contributed by atoms with Gasteiger partial charge in [-0.2, -0.15) is 0 Å². The van der Waals surface area contributed by atoms with Crippen LogP contribution in [0.3, 0.4) is 0 Å². The van der Waals surface area contributed by atoms with E-state index in [0.717, 1.165) is 35.3 Å². The zero-order valence-corrected chi connectivity index (χ0v) is 12.3. The highest BCUT2D eigenvalue weighted by atomic mass is 16.3. The number of benzene rings is 1. The molecule has 0 bridgehead atoms. The maximum absolute atomic E-state index is 6.02. The van der Waals surface area contributed by atoms with Gasteiger partial charge in [0.1, 0.15) is 17.7 Å². The molecule has 0 aliphatic carbocycles. The number of hydrogen-bond donors (Lipinski definition) is 1. The summed E-state index contributed by atoms with van der Waals surface area (Å²) in [5.74, 6) is 0.902. The molecule has 3 aromatic rings. The lowest BCUT2D eigenvalue weighted by Crippen LogP contribution is -2.23. The third-order valence-corrected chi connectivity index (χ3v) is 3.49. The van der Waals surface area contributed by atoms with Crippen LogP contribution in [0.25, 0.3) is 11.0 Å². The fraction of sp³-hybridized carbons (Fsp3) is 0.294. The molecule has 0 saturated carbocycles. The summed E-state index contributed by atoms with van der Waals surface area (Å²) < 4.78 is 6.02. The predicted octanol–water partition coefficient (Wildman–Crippen LogP) is 3.62. The van der Waals surface area contributed by atoms with Crippen molar-refractivity contribution < 1.29 is 4.42 Å². The molecule has 1 N–H and O–H groups in total. The van der Waals surface area contributed by atoms with Crippen LogP contribution in [0.5, 0.6) is 0 Å². The van der Waals surface area contributed by atoms with Gasteiger partial charge in [0.25, 0.3) is 0 Å². The normalized spacial score (nSPS) is 12.7. The first-order chi connectivity index (χ1) is 10.3. The van der Waals surface area contributed by atoms with Crippen molar-refractivity contribution in [3.8, 4) is 0 Å². The first-order valence-electron chi connectivity index (χ1n) is 7.26. The lowest BCUT2D eigenvalue weighted by molar-refractivity contribution is 0.468. The molecule has 21 heavy (non-hydrogen) atoms. The van der Waals surface area contributed by atoms with Crippen molar-refractivity contribution in [3.05, 3.63) is 59.9 Å². The Kier molecular flexibility index (Phi) is 3.97. The molecule has 1 unspecified atom stereocenters. The summed E-state index contributed by atoms with van der Waals surface area (Å²) in [6.45, 7) is 5.15. The SMILES string of the molecule is CCCNC(c1cncnc1)c1cc2cc(C)ccc2o1. The number of aryl methyl sites for hydroxylation is 1. The average Bonchev–Trinajstić information content (AvgIpc) is 2.91. The van der Waals surface area contributed by atoms with E-state index in [-0.39, 0.29) is 6.04 Å². The third kappa shape index (κ3) is 2.95. The summed E-state index contributed by atoms with van der Waals surface area (Å²) in [6.07, 6.45) is 6.27. The average molecular weight is 281 g/mol. The molecule has 0 spiro atoms. The van der Waals surface area contributed by atoms with Gasteiger partial charge in [-0.25, -0.2) is 9.97 Å². The van der Waals surface area contributed by atoms with E-state index in [9.17, 15) is 0 Å². The molecule has 1 atom stereocenters. The summed E-state index contributed by atoms with van der Waals surface area (Å²) in [7, 11) is 0. The van der Waals surface area contributed by atoms with Gasteiger partial charge in [0.15, 0.2) is 0 Å². The number of rotatable bonds is 5. The Balaban J connectivity index is 2.01. The minimum atomic E-state index is -0.0149. The molecule has 4 heteroatoms. The number of aromatic nitrogens is 2. The Morgan fingerprint density at radius 3 is 2.76 bits per heavy atom. The van der Waals surface area contributed by atoms with Crippen molar-refractivity contribution in [2.75, 3.05) is 6.54 Å². The van der Waals surface area contributed by atoms with E-state index in [4.69, 9.17) is 4.42 Å². The first-order valence-corrected chi connectivity index (χ1v) is 7.26. The number of hydrogen-bond acceptors (Lipinski definition) is 4. The molecular formula is C17H19N3O. The van der Waals surface area contributed by atoms with Gasteiger partial charge in [-0.3, -0.25) is 0 Å². The van der Waals surface area contributed by atoms with Gasteiger partial charge >= 0.3 is 0 Å². The number of furan rings is 1. The van der Waals surface area contributed by atoms with Gasteiger partial charge in [0.2, 0.25) is 0 Å². The quantitative estimate of drug-likeness (QED) is 0.776. The van der Waals surface area contributed by atoms with Gasteiger partial charge in [0, 0.05) is 23.3 Å². The molecule has 2 heterocycles. The second-order valence-electron chi connectivity index (χ2n) is 5.25. The van der Waals surface area contributed by atoms with Gasteiger partial charge < -0.3 is 9.73 Å². The van der Waals surface area contributed by atoms with Crippen molar-refractivity contribution in [2.45, 2.75) is 26.3 Å². The fourth-order valence-electron chi connectivity index (χ4n) is 2.46. The zero-order chi connectivity index (χ0) is 14.7. The molecular weight excluding hydrogens is 262 g/mol. The van der Waals surface area contributed by atoms with Crippen molar-refractivity contribution in [3.63, 3.8) is 0 Å². The molecule has 0 fully saturated rings. The topological polar surface area (TPSA) is 51.0 Å². The largest absolute Gasteiger partial charge is 0.459 e. The highest BCUT2D eigenvalue weighted by Crippen LogP contribution is 2.28. The van der Waals surface area contributed by atoms with Crippen LogP contribution in [0.4, 0.5) is 0 Å². The van der Waals surface area contributed by atoms with Gasteiger partial charge in [-0.05, 0) is 38.1 Å². The van der Waals surface area contributed by atoms with E-state index in [1.165, 1.54) is 5.56 Å². The summed E-state index contributed by atoms with van der Waals surface area (Å²) in [4.78, 5) is 8.23. The predicted molar refractivity (Wildman–Crippen MR) is 83.1 cm³/mol. The Morgan fingerprint density at radius 1 is 1.19 bits per heavy atom. The van der Waals surface area contributed by atoms with Crippen LogP contribution in [-0.4, -0.2) is 16.5 Å². The summed E-state index contributed by atoms with van der Waals surface area (Å²) in [6, 6.07) is 8.31. The second kappa shape index (κ2) is 6.06. The van der Waals surface area contributed by atoms with Crippen LogP contribution < -0.4 is 5.32 Å². The maximum Gasteiger partial charge on any atom is 0.134 e. The number of nitrogens with one attached hydrogen (secondary N) is 1. The Hall–Kier alpha value is -2.20. The fourth-order valence-corrected chi connectivity index (χ4v) is 2.46. The van der Waals surface area contributed by atoms with E-state index >= 15 is 0 Å². The van der Waals surface area contributed by atoms with Crippen LogP contribution in [0.15, 0.2) is 47.4 Å². The van der Waals surface area contributed by atoms with E-state index in [2.05, 4.69) is 47.3 Å². The highest BCUT2D eigenvalue weighted by molar-refractivity contribution is 5.78. The van der Waals surface area contributed by atoms with Crippen LogP contribution in [0.2, 0.25) is 0 Å². The van der Waals surface area contributed by atoms with Gasteiger partial charge in [0.05, 0.1) is 6.04 Å². The van der Waals surface area contributed by atoms with Crippen molar-refractivity contribution in [1.82, 2.24) is 15.3 Å². The molecule has 0 radical (unpaired) electrons. The molecule has 0 saturated heterocycles. The third-order valence-electron chi connectivity index (χ3n) is 3.49. The van der Waals surface area contributed by atoms with Crippen molar-refractivity contribution in [2.24, 2.45) is 0 Å². The zero-order valence-electron chi connectivity index (χ0n) is 12.3. The smallest absolute Gasteiger partial charge is 0.134 e. The second-order valence-corrected chi connectivity index (χ2v) is 5.25. The number of nitrogens with zero attached hydrogens (tertiary/aromatic N) is 2. The van der Waals surface area contributed by atoms with E-state index < -0.39 is 0 Å². The maximum atomic E-state index is 6.02. The Morgan fingerprint density at radius 2 is 2.00 bits per heavy atom. The van der Waals surface area contributed by atoms with Crippen LogP contribution in [-0.2, 0) is 0 Å². The molecule has 2 aromatic heterocycles. The van der Waals surface area contributed by atoms with E-state index in [1.54, 1.807) is 6.33 Å². The summed E-state index contributed by atoms with van der Waals surface area (Å²) in [5, 5.41) is 4.63. The number of fused-ring (bicyclic) bond motifs is 1. The molecule has 108 valence electrons. The summed E-state index contributed by atoms with van der Waals surface area (Å²) in [5.41, 5.74) is 3.16. The molecule has 1 aromatic carbocycles. The monoisotopic (exact) mass is 281 g/mol.